The van der Waals surface area contributed by atoms with Crippen molar-refractivity contribution in [2.24, 2.45) is 0 Å². The predicted octanol–water partition coefficient (Wildman–Crippen LogP) is 1.97. The molecule has 80 valence electrons. The van der Waals surface area contributed by atoms with Gasteiger partial charge in [-0.3, -0.25) is 0 Å². The van der Waals surface area contributed by atoms with Gasteiger partial charge in [0.15, 0.2) is 0 Å². The van der Waals surface area contributed by atoms with Gasteiger partial charge in [0.1, 0.15) is 0 Å². The van der Waals surface area contributed by atoms with Crippen LogP contribution in [0.25, 0.3) is 0 Å². The normalized spacial score (nSPS) is 10.8. The van der Waals surface area contributed by atoms with Gasteiger partial charge in [-0.25, -0.2) is 0 Å². The van der Waals surface area contributed by atoms with Crippen molar-refractivity contribution in [2.45, 2.75) is 25.9 Å². The maximum atomic E-state index is 9.01. The summed E-state index contributed by atoms with van der Waals surface area (Å²) in [6.45, 7) is 4.92. The molecule has 0 fully saturated rings. The maximum Gasteiger partial charge on any atom is 0.0607 e. The standard InChI is InChI=1S/C11H17NO.ClH/c1-11(2,9-13)12-8-10-6-4-3-5-7-10;/h3-7,12-13H,8-9H2,1-2H3;1H. The molecule has 0 atom stereocenters. The Morgan fingerprint density at radius 1 is 1.21 bits per heavy atom. The Bertz CT molecular complexity index is 249. The van der Waals surface area contributed by atoms with Crippen LogP contribution >= 0.6 is 12.4 Å². The summed E-state index contributed by atoms with van der Waals surface area (Å²) < 4.78 is 0. The Labute approximate surface area is 91.8 Å². The van der Waals surface area contributed by atoms with Gasteiger partial charge in [0.25, 0.3) is 0 Å². The zero-order chi connectivity index (χ0) is 9.73. The van der Waals surface area contributed by atoms with Crippen molar-refractivity contribution in [2.75, 3.05) is 6.61 Å². The number of aliphatic hydroxyl groups is 1. The minimum atomic E-state index is -0.199. The van der Waals surface area contributed by atoms with Crippen LogP contribution in [-0.2, 0) is 6.54 Å². The van der Waals surface area contributed by atoms with Crippen LogP contribution < -0.4 is 5.32 Å². The predicted molar refractivity (Wildman–Crippen MR) is 61.7 cm³/mol. The highest BCUT2D eigenvalue weighted by atomic mass is 35.5. The summed E-state index contributed by atoms with van der Waals surface area (Å²) in [7, 11) is 0. The molecule has 0 spiro atoms. The minimum Gasteiger partial charge on any atom is -0.394 e. The molecule has 0 aliphatic carbocycles. The lowest BCUT2D eigenvalue weighted by atomic mass is 10.1. The highest BCUT2D eigenvalue weighted by Crippen LogP contribution is 2.03. The van der Waals surface area contributed by atoms with E-state index in [0.29, 0.717) is 0 Å². The first kappa shape index (κ1) is 13.4. The minimum absolute atomic E-state index is 0. The van der Waals surface area contributed by atoms with E-state index < -0.39 is 0 Å². The highest BCUT2D eigenvalue weighted by Gasteiger charge is 2.14. The summed E-state index contributed by atoms with van der Waals surface area (Å²) in [6, 6.07) is 10.2. The fourth-order valence-corrected chi connectivity index (χ4v) is 0.993. The largest absolute Gasteiger partial charge is 0.394 e. The van der Waals surface area contributed by atoms with Crippen molar-refractivity contribution in [1.29, 1.82) is 0 Å². The summed E-state index contributed by atoms with van der Waals surface area (Å²) in [4.78, 5) is 0. The lowest BCUT2D eigenvalue weighted by molar-refractivity contribution is 0.187. The molecule has 2 N–H and O–H groups in total. The summed E-state index contributed by atoms with van der Waals surface area (Å²) in [5, 5.41) is 12.3. The molecule has 0 aliphatic rings. The average Bonchev–Trinajstić information content (AvgIpc) is 2.17. The van der Waals surface area contributed by atoms with E-state index in [1.54, 1.807) is 0 Å². The zero-order valence-corrected chi connectivity index (χ0v) is 9.47. The molecule has 0 bridgehead atoms. The van der Waals surface area contributed by atoms with Crippen molar-refractivity contribution in [3.63, 3.8) is 0 Å². The van der Waals surface area contributed by atoms with Gasteiger partial charge in [0, 0.05) is 12.1 Å². The van der Waals surface area contributed by atoms with E-state index >= 15 is 0 Å². The molecule has 2 nitrogen and oxygen atoms in total. The zero-order valence-electron chi connectivity index (χ0n) is 8.66. The first-order chi connectivity index (χ1) is 6.14. The van der Waals surface area contributed by atoms with Crippen LogP contribution in [0, 0.1) is 0 Å². The van der Waals surface area contributed by atoms with E-state index in [9.17, 15) is 0 Å². The van der Waals surface area contributed by atoms with Gasteiger partial charge >= 0.3 is 0 Å². The molecule has 1 rings (SSSR count). The lowest BCUT2D eigenvalue weighted by Crippen LogP contribution is -2.42. The summed E-state index contributed by atoms with van der Waals surface area (Å²) in [5.41, 5.74) is 1.04. The smallest absolute Gasteiger partial charge is 0.0607 e. The number of aliphatic hydroxyl groups excluding tert-OH is 1. The quantitative estimate of drug-likeness (QED) is 0.805. The number of halogens is 1. The van der Waals surface area contributed by atoms with Gasteiger partial charge in [-0.15, -0.1) is 12.4 Å². The second-order valence-electron chi connectivity index (χ2n) is 3.88. The monoisotopic (exact) mass is 215 g/mol. The van der Waals surface area contributed by atoms with Crippen LogP contribution in [0.5, 0.6) is 0 Å². The first-order valence-corrected chi connectivity index (χ1v) is 4.54. The molecule has 0 saturated heterocycles. The van der Waals surface area contributed by atoms with E-state index in [-0.39, 0.29) is 24.6 Å². The Kier molecular flexibility index (Phi) is 5.77. The highest BCUT2D eigenvalue weighted by molar-refractivity contribution is 5.85. The van der Waals surface area contributed by atoms with Crippen molar-refractivity contribution < 1.29 is 5.11 Å². The molecule has 0 unspecified atom stereocenters. The third-order valence-corrected chi connectivity index (χ3v) is 2.01. The van der Waals surface area contributed by atoms with E-state index in [2.05, 4.69) is 17.4 Å². The van der Waals surface area contributed by atoms with Gasteiger partial charge in [-0.2, -0.15) is 0 Å². The Balaban J connectivity index is 0.00000169. The van der Waals surface area contributed by atoms with Gasteiger partial charge in [-0.1, -0.05) is 30.3 Å². The first-order valence-electron chi connectivity index (χ1n) is 4.54. The Morgan fingerprint density at radius 2 is 1.79 bits per heavy atom. The number of rotatable bonds is 4. The Morgan fingerprint density at radius 3 is 2.29 bits per heavy atom. The molecule has 0 amide bonds. The number of nitrogens with one attached hydrogen (secondary N) is 1. The second-order valence-corrected chi connectivity index (χ2v) is 3.88. The number of hydrogen-bond donors (Lipinski definition) is 2. The summed E-state index contributed by atoms with van der Waals surface area (Å²) >= 11 is 0. The van der Waals surface area contributed by atoms with E-state index in [0.717, 1.165) is 6.54 Å². The Hall–Kier alpha value is -0.570. The van der Waals surface area contributed by atoms with Crippen LogP contribution in [0.3, 0.4) is 0 Å². The van der Waals surface area contributed by atoms with Crippen molar-refractivity contribution >= 4 is 12.4 Å². The summed E-state index contributed by atoms with van der Waals surface area (Å²) in [6.07, 6.45) is 0. The van der Waals surface area contributed by atoms with Crippen molar-refractivity contribution in [1.82, 2.24) is 5.32 Å². The van der Waals surface area contributed by atoms with Gasteiger partial charge in [0.2, 0.25) is 0 Å². The third kappa shape index (κ3) is 4.61. The summed E-state index contributed by atoms with van der Waals surface area (Å²) in [5.74, 6) is 0. The molecular formula is C11H18ClNO. The lowest BCUT2D eigenvalue weighted by Gasteiger charge is -2.23. The van der Waals surface area contributed by atoms with Gasteiger partial charge in [-0.05, 0) is 19.4 Å². The average molecular weight is 216 g/mol. The van der Waals surface area contributed by atoms with E-state index in [1.165, 1.54) is 5.56 Å². The van der Waals surface area contributed by atoms with Crippen molar-refractivity contribution in [3.05, 3.63) is 35.9 Å². The molecule has 0 saturated carbocycles. The second kappa shape index (κ2) is 6.02. The number of hydrogen-bond acceptors (Lipinski definition) is 2. The van der Waals surface area contributed by atoms with Crippen LogP contribution in [-0.4, -0.2) is 17.3 Å². The van der Waals surface area contributed by atoms with Gasteiger partial charge < -0.3 is 10.4 Å². The van der Waals surface area contributed by atoms with Crippen LogP contribution in [0.15, 0.2) is 30.3 Å². The molecular weight excluding hydrogens is 198 g/mol. The molecule has 0 radical (unpaired) electrons. The molecule has 0 aromatic heterocycles. The van der Waals surface area contributed by atoms with Crippen LogP contribution in [0.4, 0.5) is 0 Å². The fourth-order valence-electron chi connectivity index (χ4n) is 0.993. The molecule has 0 heterocycles. The molecule has 1 aromatic rings. The molecule has 3 heteroatoms. The molecule has 14 heavy (non-hydrogen) atoms. The maximum absolute atomic E-state index is 9.01. The van der Waals surface area contributed by atoms with Gasteiger partial charge in [0.05, 0.1) is 6.61 Å². The molecule has 0 aliphatic heterocycles. The van der Waals surface area contributed by atoms with Crippen LogP contribution in [0.1, 0.15) is 19.4 Å². The molecule has 1 aromatic carbocycles. The third-order valence-electron chi connectivity index (χ3n) is 2.01. The number of benzene rings is 1. The van der Waals surface area contributed by atoms with Crippen LogP contribution in [0.2, 0.25) is 0 Å². The fraction of sp³-hybridized carbons (Fsp3) is 0.455. The van der Waals surface area contributed by atoms with E-state index in [1.807, 2.05) is 32.0 Å². The topological polar surface area (TPSA) is 32.3 Å². The van der Waals surface area contributed by atoms with E-state index in [4.69, 9.17) is 5.11 Å². The van der Waals surface area contributed by atoms with Crippen molar-refractivity contribution in [3.8, 4) is 0 Å². The SMILES string of the molecule is CC(C)(CO)NCc1ccccc1.Cl.